The molecule has 1 heterocycles. The van der Waals surface area contributed by atoms with Crippen LogP contribution in [-0.2, 0) is 4.79 Å². The van der Waals surface area contributed by atoms with Crippen LogP contribution in [0, 0.1) is 11.3 Å². The molecule has 0 radical (unpaired) electrons. The number of thioether (sulfide) groups is 1. The molecular formula is C20H19ClN2O2S. The van der Waals surface area contributed by atoms with E-state index in [1.165, 1.54) is 0 Å². The molecule has 0 aromatic heterocycles. The van der Waals surface area contributed by atoms with Crippen molar-refractivity contribution in [3.8, 4) is 22.9 Å². The van der Waals surface area contributed by atoms with Crippen molar-refractivity contribution >= 4 is 29.3 Å². The van der Waals surface area contributed by atoms with Gasteiger partial charge in [0.2, 0.25) is 5.91 Å². The second kappa shape index (κ2) is 8.48. The van der Waals surface area contributed by atoms with Crippen molar-refractivity contribution < 1.29 is 9.53 Å². The minimum absolute atomic E-state index is 0.0405. The average Bonchev–Trinajstić information content (AvgIpc) is 2.62. The van der Waals surface area contributed by atoms with E-state index in [1.54, 1.807) is 23.9 Å². The predicted molar refractivity (Wildman–Crippen MR) is 106 cm³/mol. The van der Waals surface area contributed by atoms with Gasteiger partial charge in [0.15, 0.2) is 0 Å². The molecule has 1 fully saturated rings. The summed E-state index contributed by atoms with van der Waals surface area (Å²) in [6.07, 6.45) is 2.52. The quantitative estimate of drug-likeness (QED) is 0.745. The van der Waals surface area contributed by atoms with E-state index in [1.807, 2.05) is 41.5 Å². The van der Waals surface area contributed by atoms with Crippen molar-refractivity contribution in [2.24, 2.45) is 0 Å². The molecule has 0 N–H and O–H groups in total. The number of ether oxygens (including phenoxy) is 1. The molecular weight excluding hydrogens is 368 g/mol. The van der Waals surface area contributed by atoms with Gasteiger partial charge in [-0.2, -0.15) is 17.0 Å². The maximum absolute atomic E-state index is 12.0. The third kappa shape index (κ3) is 4.32. The van der Waals surface area contributed by atoms with Crippen molar-refractivity contribution in [3.63, 3.8) is 0 Å². The zero-order valence-electron chi connectivity index (χ0n) is 14.4. The minimum atomic E-state index is -0.0405. The first-order valence-corrected chi connectivity index (χ1v) is 10.1. The Morgan fingerprint density at radius 1 is 1.35 bits per heavy atom. The molecule has 0 aliphatic carbocycles. The lowest BCUT2D eigenvalue weighted by molar-refractivity contribution is -0.139. The highest BCUT2D eigenvalue weighted by Gasteiger charge is 2.31. The smallest absolute Gasteiger partial charge is 0.223 e. The van der Waals surface area contributed by atoms with Gasteiger partial charge in [-0.25, -0.2) is 0 Å². The van der Waals surface area contributed by atoms with Gasteiger partial charge < -0.3 is 9.64 Å². The lowest BCUT2D eigenvalue weighted by Crippen LogP contribution is -2.56. The van der Waals surface area contributed by atoms with E-state index in [0.717, 1.165) is 16.9 Å². The first-order valence-electron chi connectivity index (χ1n) is 8.34. The molecule has 0 atom stereocenters. The third-order valence-corrected chi connectivity index (χ3v) is 5.19. The Kier molecular flexibility index (Phi) is 6.08. The second-order valence-electron chi connectivity index (χ2n) is 6.12. The van der Waals surface area contributed by atoms with Crippen LogP contribution in [0.25, 0.3) is 11.1 Å². The second-order valence-corrected chi connectivity index (χ2v) is 7.51. The molecule has 2 aromatic carbocycles. The predicted octanol–water partition coefficient (Wildman–Crippen LogP) is 4.22. The number of likely N-dealkylation sites (tertiary alicyclic amines) is 1. The standard InChI is InChI=1S/C20H19ClN2O2S/c1-26-7-6-20(24)23-12-17(13-23)25-16-9-14(11-22)8-15(10-16)18-4-2-3-5-19(18)21/h2-5,8-10,17H,6-7,12-13H2,1H3. The van der Waals surface area contributed by atoms with Crippen LogP contribution in [0.4, 0.5) is 0 Å². The number of hydrogen-bond donors (Lipinski definition) is 0. The van der Waals surface area contributed by atoms with Gasteiger partial charge in [-0.05, 0) is 36.1 Å². The van der Waals surface area contributed by atoms with Crippen molar-refractivity contribution in [2.45, 2.75) is 12.5 Å². The van der Waals surface area contributed by atoms with Gasteiger partial charge >= 0.3 is 0 Å². The van der Waals surface area contributed by atoms with Crippen LogP contribution in [0.3, 0.4) is 0 Å². The zero-order valence-corrected chi connectivity index (χ0v) is 16.0. The highest BCUT2D eigenvalue weighted by molar-refractivity contribution is 7.98. The Bertz CT molecular complexity index is 844. The fourth-order valence-electron chi connectivity index (χ4n) is 2.84. The van der Waals surface area contributed by atoms with Crippen LogP contribution in [0.15, 0.2) is 42.5 Å². The molecule has 1 saturated heterocycles. The molecule has 134 valence electrons. The van der Waals surface area contributed by atoms with Crippen molar-refractivity contribution in [1.29, 1.82) is 5.26 Å². The van der Waals surface area contributed by atoms with E-state index >= 15 is 0 Å². The summed E-state index contributed by atoms with van der Waals surface area (Å²) in [6.45, 7) is 1.18. The maximum atomic E-state index is 12.0. The molecule has 26 heavy (non-hydrogen) atoms. The van der Waals surface area contributed by atoms with Crippen LogP contribution in [0.2, 0.25) is 5.02 Å². The van der Waals surface area contributed by atoms with Crippen molar-refractivity contribution in [2.75, 3.05) is 25.1 Å². The van der Waals surface area contributed by atoms with Gasteiger partial charge in [-0.1, -0.05) is 29.8 Å². The number of hydrogen-bond acceptors (Lipinski definition) is 4. The van der Waals surface area contributed by atoms with E-state index in [4.69, 9.17) is 16.3 Å². The Hall–Kier alpha value is -2.16. The summed E-state index contributed by atoms with van der Waals surface area (Å²) in [5.41, 5.74) is 2.22. The SMILES string of the molecule is CSCCC(=O)N1CC(Oc2cc(C#N)cc(-c3ccccc3Cl)c2)C1. The van der Waals surface area contributed by atoms with Crippen LogP contribution < -0.4 is 4.74 Å². The molecule has 1 aliphatic heterocycles. The Morgan fingerprint density at radius 3 is 2.81 bits per heavy atom. The first-order chi connectivity index (χ1) is 12.6. The fourth-order valence-corrected chi connectivity index (χ4v) is 3.46. The number of halogens is 1. The molecule has 0 saturated carbocycles. The molecule has 1 aliphatic rings. The van der Waals surface area contributed by atoms with Gasteiger partial charge in [0.05, 0.1) is 24.7 Å². The van der Waals surface area contributed by atoms with E-state index in [9.17, 15) is 10.1 Å². The topological polar surface area (TPSA) is 53.3 Å². The summed E-state index contributed by atoms with van der Waals surface area (Å²) in [5, 5.41) is 9.94. The normalized spacial score (nSPS) is 13.8. The van der Waals surface area contributed by atoms with E-state index < -0.39 is 0 Å². The van der Waals surface area contributed by atoms with Gasteiger partial charge in [-0.3, -0.25) is 4.79 Å². The van der Waals surface area contributed by atoms with Crippen LogP contribution in [-0.4, -0.2) is 42.0 Å². The average molecular weight is 387 g/mol. The van der Waals surface area contributed by atoms with Crippen molar-refractivity contribution in [1.82, 2.24) is 4.90 Å². The van der Waals surface area contributed by atoms with E-state index in [2.05, 4.69) is 6.07 Å². The zero-order chi connectivity index (χ0) is 18.5. The number of carbonyl (C=O) groups is 1. The summed E-state index contributed by atoms with van der Waals surface area (Å²) >= 11 is 7.95. The third-order valence-electron chi connectivity index (χ3n) is 4.24. The molecule has 0 unspecified atom stereocenters. The molecule has 4 nitrogen and oxygen atoms in total. The Balaban J connectivity index is 1.70. The highest BCUT2D eigenvalue weighted by atomic mass is 35.5. The van der Waals surface area contributed by atoms with Gasteiger partial charge in [-0.15, -0.1) is 0 Å². The van der Waals surface area contributed by atoms with Gasteiger partial charge in [0.25, 0.3) is 0 Å². The summed E-state index contributed by atoms with van der Waals surface area (Å²) in [4.78, 5) is 13.8. The number of rotatable bonds is 6. The maximum Gasteiger partial charge on any atom is 0.223 e. The first kappa shape index (κ1) is 18.6. The largest absolute Gasteiger partial charge is 0.487 e. The van der Waals surface area contributed by atoms with Crippen LogP contribution in [0.1, 0.15) is 12.0 Å². The van der Waals surface area contributed by atoms with Crippen LogP contribution >= 0.6 is 23.4 Å². The minimum Gasteiger partial charge on any atom is -0.487 e. The lowest BCUT2D eigenvalue weighted by Gasteiger charge is -2.39. The summed E-state index contributed by atoms with van der Waals surface area (Å²) < 4.78 is 5.99. The summed E-state index contributed by atoms with van der Waals surface area (Å²) in [5.74, 6) is 1.63. The molecule has 2 aromatic rings. The van der Waals surface area contributed by atoms with E-state index in [-0.39, 0.29) is 12.0 Å². The summed E-state index contributed by atoms with van der Waals surface area (Å²) in [6, 6.07) is 15.1. The number of nitriles is 1. The molecule has 6 heteroatoms. The van der Waals surface area contributed by atoms with E-state index in [0.29, 0.717) is 35.8 Å². The number of carbonyl (C=O) groups excluding carboxylic acids is 1. The molecule has 0 bridgehead atoms. The fraction of sp³-hybridized carbons (Fsp3) is 0.300. The monoisotopic (exact) mass is 386 g/mol. The molecule has 0 spiro atoms. The van der Waals surface area contributed by atoms with Gasteiger partial charge in [0.1, 0.15) is 11.9 Å². The number of amides is 1. The Morgan fingerprint density at radius 2 is 2.12 bits per heavy atom. The number of benzene rings is 2. The van der Waals surface area contributed by atoms with Gasteiger partial charge in [0, 0.05) is 22.8 Å². The van der Waals surface area contributed by atoms with Crippen molar-refractivity contribution in [3.05, 3.63) is 53.1 Å². The van der Waals surface area contributed by atoms with Crippen LogP contribution in [0.5, 0.6) is 5.75 Å². The number of nitrogens with zero attached hydrogens (tertiary/aromatic N) is 2. The highest BCUT2D eigenvalue weighted by Crippen LogP contribution is 2.32. The summed E-state index contributed by atoms with van der Waals surface area (Å²) in [7, 11) is 0. The molecule has 3 rings (SSSR count). The Labute approximate surface area is 162 Å². The lowest BCUT2D eigenvalue weighted by atomic mass is 10.0. The molecule has 1 amide bonds.